The number of carbonyl (C=O) groups excluding carboxylic acids is 1. The predicted octanol–water partition coefficient (Wildman–Crippen LogP) is 4.36. The molecule has 37 heavy (non-hydrogen) atoms. The van der Waals surface area contributed by atoms with Crippen molar-refractivity contribution in [3.05, 3.63) is 83.6 Å². The van der Waals surface area contributed by atoms with Crippen LogP contribution in [0.3, 0.4) is 0 Å². The summed E-state index contributed by atoms with van der Waals surface area (Å²) in [6, 6.07) is 15.5. The highest BCUT2D eigenvalue weighted by molar-refractivity contribution is 5.94. The van der Waals surface area contributed by atoms with Crippen LogP contribution < -0.4 is 5.73 Å². The summed E-state index contributed by atoms with van der Waals surface area (Å²) < 4.78 is 43.6. The molecule has 1 aliphatic rings. The van der Waals surface area contributed by atoms with E-state index in [1.165, 1.54) is 23.9 Å². The Morgan fingerprint density at radius 3 is 2.27 bits per heavy atom. The minimum Gasteiger partial charge on any atom is -0.399 e. The Morgan fingerprint density at radius 1 is 0.946 bits per heavy atom. The summed E-state index contributed by atoms with van der Waals surface area (Å²) in [6.45, 7) is 3.54. The van der Waals surface area contributed by atoms with E-state index in [1.54, 1.807) is 17.0 Å². The van der Waals surface area contributed by atoms with E-state index in [2.05, 4.69) is 20.0 Å². The summed E-state index contributed by atoms with van der Waals surface area (Å²) in [6.07, 6.45) is -2.96. The number of amides is 1. The highest BCUT2D eigenvalue weighted by Gasteiger charge is 2.30. The molecule has 0 saturated carbocycles. The van der Waals surface area contributed by atoms with Crippen molar-refractivity contribution in [2.45, 2.75) is 12.7 Å². The Hall–Kier alpha value is -4.25. The van der Waals surface area contributed by atoms with Gasteiger partial charge < -0.3 is 15.2 Å². The van der Waals surface area contributed by atoms with Gasteiger partial charge in [-0.1, -0.05) is 29.4 Å². The molecule has 0 radical (unpaired) electrons. The van der Waals surface area contributed by atoms with Crippen LogP contribution in [0.25, 0.3) is 23.0 Å². The molecule has 4 aromatic rings. The highest BCUT2D eigenvalue weighted by atomic mass is 19.4. The van der Waals surface area contributed by atoms with Crippen LogP contribution in [-0.4, -0.2) is 57.0 Å². The van der Waals surface area contributed by atoms with Crippen LogP contribution in [0, 0.1) is 0 Å². The summed E-state index contributed by atoms with van der Waals surface area (Å²) in [5.41, 5.74) is 8.08. The maximum absolute atomic E-state index is 13.0. The van der Waals surface area contributed by atoms with Gasteiger partial charge in [-0.15, -0.1) is 0 Å². The molecule has 0 spiro atoms. The zero-order valence-electron chi connectivity index (χ0n) is 19.7. The van der Waals surface area contributed by atoms with Crippen LogP contribution in [0.5, 0.6) is 0 Å². The molecule has 3 heterocycles. The quantitative estimate of drug-likeness (QED) is 0.400. The number of alkyl halides is 3. The number of rotatable bonds is 5. The second-order valence-corrected chi connectivity index (χ2v) is 8.74. The van der Waals surface area contributed by atoms with Crippen molar-refractivity contribution in [1.82, 2.24) is 24.9 Å². The first kappa shape index (κ1) is 24.4. The predicted molar refractivity (Wildman–Crippen MR) is 130 cm³/mol. The Bertz CT molecular complexity index is 1360. The molecule has 1 saturated heterocycles. The Kier molecular flexibility index (Phi) is 6.62. The molecule has 0 aliphatic carbocycles. The van der Waals surface area contributed by atoms with E-state index in [0.717, 1.165) is 37.5 Å². The number of nitrogen functional groups attached to an aromatic ring is 1. The lowest BCUT2D eigenvalue weighted by Crippen LogP contribution is -2.48. The monoisotopic (exact) mass is 508 g/mol. The number of hydrogen-bond acceptors (Lipinski definition) is 7. The van der Waals surface area contributed by atoms with Crippen molar-refractivity contribution in [1.29, 1.82) is 0 Å². The van der Waals surface area contributed by atoms with Crippen molar-refractivity contribution in [3.8, 4) is 23.0 Å². The maximum atomic E-state index is 13.0. The van der Waals surface area contributed by atoms with Crippen LogP contribution in [0.1, 0.15) is 21.5 Å². The number of carbonyl (C=O) groups is 1. The van der Waals surface area contributed by atoms with Crippen LogP contribution in [0.4, 0.5) is 18.9 Å². The van der Waals surface area contributed by atoms with Gasteiger partial charge in [0.15, 0.2) is 0 Å². The fourth-order valence-electron chi connectivity index (χ4n) is 4.07. The van der Waals surface area contributed by atoms with Gasteiger partial charge in [0.25, 0.3) is 11.8 Å². The van der Waals surface area contributed by atoms with Gasteiger partial charge in [0.05, 0.1) is 11.1 Å². The second kappa shape index (κ2) is 10.0. The van der Waals surface area contributed by atoms with E-state index in [1.807, 2.05) is 24.3 Å². The van der Waals surface area contributed by atoms with Gasteiger partial charge in [-0.05, 0) is 42.0 Å². The van der Waals surface area contributed by atoms with E-state index in [9.17, 15) is 18.0 Å². The van der Waals surface area contributed by atoms with E-state index in [0.29, 0.717) is 29.9 Å². The number of piperazine rings is 1. The SMILES string of the molecule is Nc1ccc(CN2CCN(C(=O)c3ccc(-c4nc(-c5ccc(C(F)(F)F)cc5)no4)nc3)CC2)cc1. The van der Waals surface area contributed by atoms with Crippen LogP contribution in [0.2, 0.25) is 0 Å². The molecule has 1 aliphatic heterocycles. The molecule has 0 unspecified atom stereocenters. The molecule has 2 aromatic heterocycles. The Balaban J connectivity index is 1.19. The summed E-state index contributed by atoms with van der Waals surface area (Å²) in [7, 11) is 0. The molecule has 0 bridgehead atoms. The smallest absolute Gasteiger partial charge is 0.399 e. The highest BCUT2D eigenvalue weighted by Crippen LogP contribution is 2.31. The number of benzene rings is 2. The zero-order chi connectivity index (χ0) is 26.0. The van der Waals surface area contributed by atoms with Crippen molar-refractivity contribution >= 4 is 11.6 Å². The van der Waals surface area contributed by atoms with Crippen molar-refractivity contribution in [3.63, 3.8) is 0 Å². The number of hydrogen-bond donors (Lipinski definition) is 1. The molecule has 2 N–H and O–H groups in total. The number of pyridine rings is 1. The van der Waals surface area contributed by atoms with E-state index < -0.39 is 11.7 Å². The first-order chi connectivity index (χ1) is 17.8. The third-order valence-corrected chi connectivity index (χ3v) is 6.17. The molecule has 1 fully saturated rings. The van der Waals surface area contributed by atoms with Gasteiger partial charge in [-0.25, -0.2) is 0 Å². The minimum absolute atomic E-state index is 0.102. The summed E-state index contributed by atoms with van der Waals surface area (Å²) in [5.74, 6) is 0.134. The first-order valence-electron chi connectivity index (χ1n) is 11.6. The molecule has 8 nitrogen and oxygen atoms in total. The number of halogens is 3. The fourth-order valence-corrected chi connectivity index (χ4v) is 4.07. The lowest BCUT2D eigenvalue weighted by molar-refractivity contribution is -0.137. The van der Waals surface area contributed by atoms with Gasteiger partial charge in [0, 0.05) is 50.2 Å². The number of anilines is 1. The normalized spacial score (nSPS) is 14.6. The minimum atomic E-state index is -4.42. The van der Waals surface area contributed by atoms with E-state index in [4.69, 9.17) is 10.3 Å². The van der Waals surface area contributed by atoms with Crippen molar-refractivity contribution < 1.29 is 22.5 Å². The van der Waals surface area contributed by atoms with Gasteiger partial charge in [-0.2, -0.15) is 18.2 Å². The molecule has 0 atom stereocenters. The molecule has 11 heteroatoms. The molecule has 2 aromatic carbocycles. The number of aromatic nitrogens is 3. The Morgan fingerprint density at radius 2 is 1.65 bits per heavy atom. The van der Waals surface area contributed by atoms with Crippen LogP contribution in [-0.2, 0) is 12.7 Å². The third-order valence-electron chi connectivity index (χ3n) is 6.17. The second-order valence-electron chi connectivity index (χ2n) is 8.74. The molecule has 5 rings (SSSR count). The van der Waals surface area contributed by atoms with E-state index in [-0.39, 0.29) is 17.6 Å². The zero-order valence-corrected chi connectivity index (χ0v) is 19.7. The van der Waals surface area contributed by atoms with Gasteiger partial charge >= 0.3 is 6.18 Å². The molecular formula is C26H23F3N6O2. The summed E-state index contributed by atoms with van der Waals surface area (Å²) in [4.78, 5) is 25.6. The van der Waals surface area contributed by atoms with Gasteiger partial charge in [0.2, 0.25) is 5.82 Å². The molecule has 1 amide bonds. The standard InChI is InChI=1S/C26H23F3N6O2/c27-26(28,29)20-6-3-18(4-7-20)23-32-24(37-33-23)22-10-5-19(15-31-22)25(36)35-13-11-34(12-14-35)16-17-1-8-21(30)9-2-17/h1-10,15H,11-14,16,30H2. The summed E-state index contributed by atoms with van der Waals surface area (Å²) in [5, 5.41) is 3.83. The average Bonchev–Trinajstić information content (AvgIpc) is 3.40. The van der Waals surface area contributed by atoms with Crippen LogP contribution in [0.15, 0.2) is 71.4 Å². The maximum Gasteiger partial charge on any atom is 0.416 e. The van der Waals surface area contributed by atoms with Gasteiger partial charge in [0.1, 0.15) is 5.69 Å². The Labute approximate surface area is 210 Å². The lowest BCUT2D eigenvalue weighted by atomic mass is 10.1. The van der Waals surface area contributed by atoms with Gasteiger partial charge in [-0.3, -0.25) is 14.7 Å². The molecule has 190 valence electrons. The topological polar surface area (TPSA) is 101 Å². The lowest BCUT2D eigenvalue weighted by Gasteiger charge is -2.34. The fraction of sp³-hybridized carbons (Fsp3) is 0.231. The van der Waals surface area contributed by atoms with Crippen molar-refractivity contribution in [2.75, 3.05) is 31.9 Å². The average molecular weight is 509 g/mol. The van der Waals surface area contributed by atoms with Crippen molar-refractivity contribution in [2.24, 2.45) is 0 Å². The number of nitrogens with two attached hydrogens (primary N) is 1. The largest absolute Gasteiger partial charge is 0.416 e. The number of nitrogens with zero attached hydrogens (tertiary/aromatic N) is 5. The first-order valence-corrected chi connectivity index (χ1v) is 11.6. The third kappa shape index (κ3) is 5.61. The summed E-state index contributed by atoms with van der Waals surface area (Å²) >= 11 is 0. The van der Waals surface area contributed by atoms with Crippen LogP contribution >= 0.6 is 0 Å². The van der Waals surface area contributed by atoms with E-state index >= 15 is 0 Å². The molecular weight excluding hydrogens is 485 g/mol.